The third kappa shape index (κ3) is 4.96. The molecule has 10 heteroatoms. The zero-order chi connectivity index (χ0) is 26.6. The highest BCUT2D eigenvalue weighted by Crippen LogP contribution is 2.36. The number of furan rings is 1. The molecule has 2 heterocycles. The van der Waals surface area contributed by atoms with Gasteiger partial charge in [0.05, 0.1) is 35.9 Å². The van der Waals surface area contributed by atoms with E-state index >= 15 is 0 Å². The van der Waals surface area contributed by atoms with Gasteiger partial charge in [0.1, 0.15) is 5.58 Å². The van der Waals surface area contributed by atoms with Gasteiger partial charge in [-0.3, -0.25) is 4.79 Å². The quantitative estimate of drug-likeness (QED) is 0.198. The number of fused-ring (bicyclic) bond motifs is 2. The number of para-hydroxylation sites is 2. The van der Waals surface area contributed by atoms with E-state index < -0.39 is 5.97 Å². The fraction of sp³-hybridized carbons (Fsp3) is 0.143. The Morgan fingerprint density at radius 3 is 2.68 bits per heavy atom. The summed E-state index contributed by atoms with van der Waals surface area (Å²) >= 11 is 6.45. The number of hydrogen-bond acceptors (Lipinski definition) is 8. The zero-order valence-electron chi connectivity index (χ0n) is 20.5. The maximum atomic E-state index is 13.5. The molecule has 9 nitrogen and oxygen atoms in total. The van der Waals surface area contributed by atoms with Crippen molar-refractivity contribution in [3.63, 3.8) is 0 Å². The van der Waals surface area contributed by atoms with E-state index in [1.54, 1.807) is 37.3 Å². The maximum Gasteiger partial charge on any atom is 0.343 e. The summed E-state index contributed by atoms with van der Waals surface area (Å²) < 4.78 is 23.0. The van der Waals surface area contributed by atoms with Crippen LogP contribution in [-0.2, 0) is 9.53 Å². The van der Waals surface area contributed by atoms with Gasteiger partial charge < -0.3 is 18.6 Å². The second-order valence-corrected chi connectivity index (χ2v) is 8.50. The predicted octanol–water partition coefficient (Wildman–Crippen LogP) is 5.30. The van der Waals surface area contributed by atoms with Crippen molar-refractivity contribution in [2.24, 2.45) is 5.10 Å². The number of ether oxygens (including phenoxy) is 3. The molecule has 192 valence electrons. The smallest absolute Gasteiger partial charge is 0.343 e. The molecule has 0 unspecified atom stereocenters. The highest BCUT2D eigenvalue weighted by molar-refractivity contribution is 6.32. The number of nitrogens with zero attached hydrogens (tertiary/aromatic N) is 3. The Morgan fingerprint density at radius 1 is 1.11 bits per heavy atom. The molecule has 5 aromatic rings. The molecular formula is C28H22ClN3O6. The molecule has 0 aliphatic carbocycles. The Morgan fingerprint density at radius 2 is 1.89 bits per heavy atom. The number of carbonyl (C=O) groups excluding carboxylic acids is 1. The second kappa shape index (κ2) is 10.8. The third-order valence-electron chi connectivity index (χ3n) is 5.62. The summed E-state index contributed by atoms with van der Waals surface area (Å²) in [6, 6.07) is 19.6. The zero-order valence-corrected chi connectivity index (χ0v) is 21.3. The molecule has 0 fully saturated rings. The molecular weight excluding hydrogens is 510 g/mol. The monoisotopic (exact) mass is 531 g/mol. The molecule has 3 aromatic carbocycles. The summed E-state index contributed by atoms with van der Waals surface area (Å²) in [4.78, 5) is 29.7. The standard InChI is InChI=1S/C28H22ClN3O6/c1-3-36-23-13-17(12-20(29)26(23)37-16-25(33)35-2)15-30-32-27(24-14-18-8-4-7-11-22(18)38-24)31-21-10-6-5-9-19(21)28(32)34/h4-15H,3,16H2,1-2H3. The Bertz CT molecular complexity index is 1710. The van der Waals surface area contributed by atoms with Crippen LogP contribution in [0.1, 0.15) is 12.5 Å². The van der Waals surface area contributed by atoms with Crippen LogP contribution in [0.5, 0.6) is 11.5 Å². The third-order valence-corrected chi connectivity index (χ3v) is 5.90. The number of rotatable bonds is 8. The first-order valence-electron chi connectivity index (χ1n) is 11.7. The summed E-state index contributed by atoms with van der Waals surface area (Å²) in [5.74, 6) is 0.590. The minimum absolute atomic E-state index is 0.197. The molecule has 0 aliphatic heterocycles. The molecule has 0 atom stereocenters. The lowest BCUT2D eigenvalue weighted by Crippen LogP contribution is -2.20. The molecule has 0 saturated carbocycles. The Labute approximate surface area is 221 Å². The minimum atomic E-state index is -0.560. The first kappa shape index (κ1) is 25.0. The van der Waals surface area contributed by atoms with Gasteiger partial charge in [-0.2, -0.15) is 9.78 Å². The summed E-state index contributed by atoms with van der Waals surface area (Å²) in [6.07, 6.45) is 1.46. The molecule has 2 aromatic heterocycles. The maximum absolute atomic E-state index is 13.5. The predicted molar refractivity (Wildman–Crippen MR) is 144 cm³/mol. The largest absolute Gasteiger partial charge is 0.490 e. The van der Waals surface area contributed by atoms with Crippen molar-refractivity contribution in [1.82, 2.24) is 9.66 Å². The molecule has 0 amide bonds. The van der Waals surface area contributed by atoms with E-state index in [1.807, 2.05) is 36.4 Å². The average molecular weight is 532 g/mol. The second-order valence-electron chi connectivity index (χ2n) is 8.09. The summed E-state index contributed by atoms with van der Waals surface area (Å²) in [7, 11) is 1.26. The average Bonchev–Trinajstić information content (AvgIpc) is 3.36. The van der Waals surface area contributed by atoms with E-state index in [0.29, 0.717) is 40.2 Å². The number of halogens is 1. The number of benzene rings is 3. The molecule has 5 rings (SSSR count). The fourth-order valence-corrected chi connectivity index (χ4v) is 4.14. The lowest BCUT2D eigenvalue weighted by Gasteiger charge is -2.13. The number of carbonyl (C=O) groups is 1. The van der Waals surface area contributed by atoms with Crippen molar-refractivity contribution in [3.05, 3.63) is 87.7 Å². The first-order chi connectivity index (χ1) is 18.5. The van der Waals surface area contributed by atoms with Gasteiger partial charge in [0.15, 0.2) is 23.9 Å². The van der Waals surface area contributed by atoms with E-state index in [1.165, 1.54) is 18.0 Å². The van der Waals surface area contributed by atoms with Crippen LogP contribution >= 0.6 is 11.6 Å². The first-order valence-corrected chi connectivity index (χ1v) is 12.1. The van der Waals surface area contributed by atoms with Crippen LogP contribution in [0.15, 0.2) is 81.0 Å². The SMILES string of the molecule is CCOc1cc(C=Nn2c(-c3cc4ccccc4o3)nc3ccccc3c2=O)cc(Cl)c1OCC(=O)OC. The van der Waals surface area contributed by atoms with Crippen LogP contribution < -0.4 is 15.0 Å². The molecule has 0 saturated heterocycles. The van der Waals surface area contributed by atoms with E-state index in [4.69, 9.17) is 25.5 Å². The molecule has 0 radical (unpaired) electrons. The number of hydrogen-bond donors (Lipinski definition) is 0. The van der Waals surface area contributed by atoms with Crippen LogP contribution in [0.3, 0.4) is 0 Å². The van der Waals surface area contributed by atoms with E-state index in [9.17, 15) is 9.59 Å². The van der Waals surface area contributed by atoms with Crippen LogP contribution in [0.2, 0.25) is 5.02 Å². The number of aromatic nitrogens is 2. The van der Waals surface area contributed by atoms with Gasteiger partial charge in [0.25, 0.3) is 5.56 Å². The van der Waals surface area contributed by atoms with Gasteiger partial charge in [-0.15, -0.1) is 0 Å². The Hall–Kier alpha value is -4.63. The van der Waals surface area contributed by atoms with Gasteiger partial charge in [0, 0.05) is 5.39 Å². The highest BCUT2D eigenvalue weighted by Gasteiger charge is 2.17. The van der Waals surface area contributed by atoms with Crippen molar-refractivity contribution in [2.75, 3.05) is 20.3 Å². The van der Waals surface area contributed by atoms with E-state index in [-0.39, 0.29) is 28.8 Å². The van der Waals surface area contributed by atoms with Crippen LogP contribution in [0.25, 0.3) is 33.5 Å². The topological polar surface area (TPSA) is 105 Å². The number of methoxy groups -OCH3 is 1. The summed E-state index contributed by atoms with van der Waals surface area (Å²) in [6.45, 7) is 1.80. The molecule has 0 spiro atoms. The van der Waals surface area contributed by atoms with Crippen molar-refractivity contribution < 1.29 is 23.4 Å². The molecule has 0 aliphatic rings. The fourth-order valence-electron chi connectivity index (χ4n) is 3.86. The van der Waals surface area contributed by atoms with Crippen LogP contribution in [0, 0.1) is 0 Å². The van der Waals surface area contributed by atoms with Gasteiger partial charge >= 0.3 is 5.97 Å². The van der Waals surface area contributed by atoms with Crippen LogP contribution in [0.4, 0.5) is 0 Å². The van der Waals surface area contributed by atoms with E-state index in [2.05, 4.69) is 14.8 Å². The normalized spacial score (nSPS) is 11.3. The molecule has 0 bridgehead atoms. The number of esters is 1. The van der Waals surface area contributed by atoms with Crippen molar-refractivity contribution in [1.29, 1.82) is 0 Å². The van der Waals surface area contributed by atoms with Crippen LogP contribution in [-0.4, -0.2) is 42.2 Å². The lowest BCUT2D eigenvalue weighted by atomic mass is 10.2. The van der Waals surface area contributed by atoms with E-state index in [0.717, 1.165) is 5.39 Å². The van der Waals surface area contributed by atoms with Crippen molar-refractivity contribution in [2.45, 2.75) is 6.92 Å². The molecule has 38 heavy (non-hydrogen) atoms. The highest BCUT2D eigenvalue weighted by atomic mass is 35.5. The minimum Gasteiger partial charge on any atom is -0.490 e. The summed E-state index contributed by atoms with van der Waals surface area (Å²) in [5, 5.41) is 5.93. The van der Waals surface area contributed by atoms with Gasteiger partial charge in [-0.1, -0.05) is 41.9 Å². The van der Waals surface area contributed by atoms with Gasteiger partial charge in [-0.05, 0) is 48.9 Å². The van der Waals surface area contributed by atoms with Gasteiger partial charge in [0.2, 0.25) is 5.82 Å². The lowest BCUT2D eigenvalue weighted by molar-refractivity contribution is -0.142. The molecule has 0 N–H and O–H groups in total. The van der Waals surface area contributed by atoms with Gasteiger partial charge in [-0.25, -0.2) is 9.78 Å². The Balaban J connectivity index is 1.60. The van der Waals surface area contributed by atoms with Crippen molar-refractivity contribution >= 4 is 45.7 Å². The Kier molecular flexibility index (Phi) is 7.10. The van der Waals surface area contributed by atoms with Crippen molar-refractivity contribution in [3.8, 4) is 23.1 Å². The summed E-state index contributed by atoms with van der Waals surface area (Å²) in [5.41, 5.74) is 1.35.